The van der Waals surface area contributed by atoms with E-state index in [2.05, 4.69) is 10.3 Å². The van der Waals surface area contributed by atoms with Crippen molar-refractivity contribution in [3.05, 3.63) is 56.5 Å². The van der Waals surface area contributed by atoms with E-state index in [1.54, 1.807) is 11.6 Å². The molecule has 1 unspecified atom stereocenters. The Labute approximate surface area is 160 Å². The second kappa shape index (κ2) is 6.66. The summed E-state index contributed by atoms with van der Waals surface area (Å²) < 4.78 is 3.78. The van der Waals surface area contributed by atoms with Gasteiger partial charge in [0.2, 0.25) is 5.91 Å². The average molecular weight is 382 g/mol. The topological polar surface area (TPSA) is 117 Å². The maximum absolute atomic E-state index is 12.7. The molecule has 4 rings (SSSR count). The first-order valence-electron chi connectivity index (χ1n) is 9.15. The van der Waals surface area contributed by atoms with E-state index >= 15 is 0 Å². The summed E-state index contributed by atoms with van der Waals surface area (Å²) in [6.45, 7) is -0.340. The highest BCUT2D eigenvalue weighted by Gasteiger charge is 2.23. The van der Waals surface area contributed by atoms with Crippen LogP contribution in [0.25, 0.3) is 11.2 Å². The Hall–Kier alpha value is -3.36. The molecule has 1 atom stereocenters. The van der Waals surface area contributed by atoms with Gasteiger partial charge >= 0.3 is 5.69 Å². The van der Waals surface area contributed by atoms with Crippen LogP contribution in [0.2, 0.25) is 0 Å². The minimum Gasteiger partial charge on any atom is -0.399 e. The number of hydrogen-bond donors (Lipinski definition) is 2. The van der Waals surface area contributed by atoms with Crippen LogP contribution in [0.1, 0.15) is 30.0 Å². The normalized spacial score (nSPS) is 16.1. The lowest BCUT2D eigenvalue weighted by Gasteiger charge is -2.26. The number of nitrogens with one attached hydrogen (secondary N) is 1. The third-order valence-electron chi connectivity index (χ3n) is 5.32. The van der Waals surface area contributed by atoms with Crippen LogP contribution < -0.4 is 22.3 Å². The van der Waals surface area contributed by atoms with Gasteiger partial charge in [-0.1, -0.05) is 6.07 Å². The summed E-state index contributed by atoms with van der Waals surface area (Å²) in [4.78, 5) is 42.1. The van der Waals surface area contributed by atoms with Gasteiger partial charge in [0.05, 0.1) is 12.4 Å². The van der Waals surface area contributed by atoms with Crippen LogP contribution in [0.5, 0.6) is 0 Å². The van der Waals surface area contributed by atoms with E-state index < -0.39 is 11.2 Å². The number of aryl methyl sites for hydroxylation is 3. The smallest absolute Gasteiger partial charge is 0.332 e. The molecule has 1 aromatic carbocycles. The number of amides is 1. The number of imidazole rings is 1. The number of carbonyl (C=O) groups excluding carboxylic acids is 1. The summed E-state index contributed by atoms with van der Waals surface area (Å²) in [6, 6.07) is 5.53. The minimum absolute atomic E-state index is 0.156. The summed E-state index contributed by atoms with van der Waals surface area (Å²) in [5.74, 6) is -0.379. The number of carbonyl (C=O) groups is 1. The first kappa shape index (κ1) is 18.0. The standard InChI is InChI=1S/C19H22N6O3/c1-23-10-21-17-16(23)18(27)25(19(28)24(17)2)9-15(26)22-14-5-3-4-11-8-12(20)6-7-13(11)14/h6-8,10,14H,3-5,9,20H2,1-2H3,(H,22,26). The maximum atomic E-state index is 12.7. The monoisotopic (exact) mass is 382 g/mol. The van der Waals surface area contributed by atoms with Gasteiger partial charge in [0.1, 0.15) is 6.54 Å². The summed E-state index contributed by atoms with van der Waals surface area (Å²) in [6.07, 6.45) is 4.13. The zero-order valence-electron chi connectivity index (χ0n) is 15.8. The van der Waals surface area contributed by atoms with E-state index in [1.807, 2.05) is 18.2 Å². The van der Waals surface area contributed by atoms with Gasteiger partial charge in [0.25, 0.3) is 5.56 Å². The predicted molar refractivity (Wildman–Crippen MR) is 105 cm³/mol. The largest absolute Gasteiger partial charge is 0.399 e. The molecule has 146 valence electrons. The molecule has 0 saturated heterocycles. The number of nitrogen functional groups attached to an aromatic ring is 1. The molecule has 3 aromatic rings. The van der Waals surface area contributed by atoms with Gasteiger partial charge in [-0.05, 0) is 42.5 Å². The number of fused-ring (bicyclic) bond motifs is 2. The van der Waals surface area contributed by atoms with Crippen LogP contribution in [-0.2, 0) is 31.9 Å². The lowest BCUT2D eigenvalue weighted by Crippen LogP contribution is -2.44. The molecule has 0 saturated carbocycles. The Morgan fingerprint density at radius 3 is 2.89 bits per heavy atom. The Morgan fingerprint density at radius 2 is 2.11 bits per heavy atom. The van der Waals surface area contributed by atoms with Crippen molar-refractivity contribution in [1.82, 2.24) is 24.0 Å². The number of nitrogens with zero attached hydrogens (tertiary/aromatic N) is 4. The number of nitrogens with two attached hydrogens (primary N) is 1. The molecular weight excluding hydrogens is 360 g/mol. The molecule has 3 N–H and O–H groups in total. The molecule has 1 amide bonds. The molecule has 1 aliphatic carbocycles. The fourth-order valence-corrected chi connectivity index (χ4v) is 3.90. The van der Waals surface area contributed by atoms with Crippen molar-refractivity contribution in [3.63, 3.8) is 0 Å². The van der Waals surface area contributed by atoms with E-state index in [4.69, 9.17) is 5.73 Å². The van der Waals surface area contributed by atoms with Crippen molar-refractivity contribution >= 4 is 22.8 Å². The van der Waals surface area contributed by atoms with E-state index in [1.165, 1.54) is 17.9 Å². The van der Waals surface area contributed by atoms with Crippen LogP contribution >= 0.6 is 0 Å². The molecular formula is C19H22N6O3. The van der Waals surface area contributed by atoms with E-state index in [-0.39, 0.29) is 24.0 Å². The highest BCUT2D eigenvalue weighted by molar-refractivity contribution is 5.77. The van der Waals surface area contributed by atoms with Crippen LogP contribution in [0.3, 0.4) is 0 Å². The molecule has 0 radical (unpaired) electrons. The van der Waals surface area contributed by atoms with Gasteiger partial charge in [0.15, 0.2) is 11.2 Å². The number of hydrogen-bond acceptors (Lipinski definition) is 5. The highest BCUT2D eigenvalue weighted by atomic mass is 16.2. The minimum atomic E-state index is -0.567. The molecule has 0 fully saturated rings. The number of aromatic nitrogens is 4. The zero-order chi connectivity index (χ0) is 20.0. The summed E-state index contributed by atoms with van der Waals surface area (Å²) in [7, 11) is 3.21. The Balaban J connectivity index is 1.63. The first-order valence-corrected chi connectivity index (χ1v) is 9.15. The number of benzene rings is 1. The van der Waals surface area contributed by atoms with Gasteiger partial charge in [-0.25, -0.2) is 14.3 Å². The van der Waals surface area contributed by atoms with Gasteiger partial charge in [-0.15, -0.1) is 0 Å². The van der Waals surface area contributed by atoms with Gasteiger partial charge < -0.3 is 15.6 Å². The lowest BCUT2D eigenvalue weighted by molar-refractivity contribution is -0.122. The summed E-state index contributed by atoms with van der Waals surface area (Å²) in [5, 5.41) is 2.96. The Bertz CT molecular complexity index is 1200. The molecule has 0 bridgehead atoms. The third kappa shape index (κ3) is 2.88. The molecule has 1 aliphatic rings. The fraction of sp³-hybridized carbons (Fsp3) is 0.368. The van der Waals surface area contributed by atoms with Crippen molar-refractivity contribution in [2.75, 3.05) is 5.73 Å². The quantitative estimate of drug-likeness (QED) is 0.628. The molecule has 9 nitrogen and oxygen atoms in total. The van der Waals surface area contributed by atoms with Gasteiger partial charge in [0, 0.05) is 19.8 Å². The Morgan fingerprint density at radius 1 is 1.32 bits per heavy atom. The highest BCUT2D eigenvalue weighted by Crippen LogP contribution is 2.30. The maximum Gasteiger partial charge on any atom is 0.332 e. The molecule has 9 heteroatoms. The van der Waals surface area contributed by atoms with Gasteiger partial charge in [-0.3, -0.25) is 14.2 Å². The summed E-state index contributed by atoms with van der Waals surface area (Å²) in [5.41, 5.74) is 8.22. The number of rotatable bonds is 3. The second-order valence-electron chi connectivity index (χ2n) is 7.23. The molecule has 0 spiro atoms. The van der Waals surface area contributed by atoms with Crippen LogP contribution in [0.4, 0.5) is 5.69 Å². The SMILES string of the molecule is Cn1cnc2c1c(=O)n(CC(=O)NC1CCCc3cc(N)ccc31)c(=O)n2C. The molecule has 2 heterocycles. The molecule has 2 aromatic heterocycles. The van der Waals surface area contributed by atoms with Crippen molar-refractivity contribution < 1.29 is 4.79 Å². The van der Waals surface area contributed by atoms with Crippen molar-refractivity contribution in [2.24, 2.45) is 14.1 Å². The molecule has 28 heavy (non-hydrogen) atoms. The van der Waals surface area contributed by atoms with Crippen molar-refractivity contribution in [3.8, 4) is 0 Å². The van der Waals surface area contributed by atoms with Crippen LogP contribution in [0.15, 0.2) is 34.1 Å². The van der Waals surface area contributed by atoms with E-state index in [9.17, 15) is 14.4 Å². The predicted octanol–water partition coefficient (Wildman–Crippen LogP) is 0.210. The van der Waals surface area contributed by atoms with E-state index in [0.717, 1.165) is 35.0 Å². The third-order valence-corrected chi connectivity index (χ3v) is 5.32. The van der Waals surface area contributed by atoms with Crippen LogP contribution in [0, 0.1) is 0 Å². The zero-order valence-corrected chi connectivity index (χ0v) is 15.8. The lowest BCUT2D eigenvalue weighted by atomic mass is 9.87. The van der Waals surface area contributed by atoms with Crippen molar-refractivity contribution in [2.45, 2.75) is 31.8 Å². The van der Waals surface area contributed by atoms with Crippen LogP contribution in [-0.4, -0.2) is 24.6 Å². The molecule has 0 aliphatic heterocycles. The first-order chi connectivity index (χ1) is 13.4. The van der Waals surface area contributed by atoms with E-state index in [0.29, 0.717) is 11.3 Å². The number of anilines is 1. The second-order valence-corrected chi connectivity index (χ2v) is 7.23. The fourth-order valence-electron chi connectivity index (χ4n) is 3.90. The summed E-state index contributed by atoms with van der Waals surface area (Å²) >= 11 is 0. The van der Waals surface area contributed by atoms with Gasteiger partial charge in [-0.2, -0.15) is 0 Å². The van der Waals surface area contributed by atoms with Crippen molar-refractivity contribution in [1.29, 1.82) is 0 Å². The average Bonchev–Trinajstić information content (AvgIpc) is 3.05. The Kier molecular flexibility index (Phi) is 4.29.